The van der Waals surface area contributed by atoms with Crippen molar-refractivity contribution in [3.63, 3.8) is 0 Å². The van der Waals surface area contributed by atoms with Crippen LogP contribution in [-0.2, 0) is 11.3 Å². The molecule has 0 aromatic heterocycles. The molecular weight excluding hydrogens is 274 g/mol. The lowest BCUT2D eigenvalue weighted by Crippen LogP contribution is -2.16. The van der Waals surface area contributed by atoms with Crippen molar-refractivity contribution in [2.45, 2.75) is 6.61 Å². The maximum atomic E-state index is 11.7. The Labute approximate surface area is 120 Å². The third-order valence-corrected chi connectivity index (χ3v) is 2.68. The van der Waals surface area contributed by atoms with Crippen LogP contribution in [0.4, 0.5) is 10.5 Å². The van der Waals surface area contributed by atoms with E-state index in [4.69, 9.17) is 9.84 Å². The van der Waals surface area contributed by atoms with Crippen LogP contribution in [0.3, 0.4) is 0 Å². The van der Waals surface area contributed by atoms with E-state index in [2.05, 4.69) is 5.32 Å². The summed E-state index contributed by atoms with van der Waals surface area (Å²) in [5.74, 6) is -1.46. The van der Waals surface area contributed by atoms with Crippen LogP contribution in [0.5, 0.6) is 5.75 Å². The number of phenolic OH excluding ortho intramolecular Hbond substituents is 1. The molecule has 1 amide bonds. The second kappa shape index (κ2) is 6.42. The molecule has 0 aliphatic heterocycles. The maximum absolute atomic E-state index is 11.7. The Bertz CT molecular complexity index is 654. The summed E-state index contributed by atoms with van der Waals surface area (Å²) in [6.45, 7) is 0.0765. The molecule has 0 unspecified atom stereocenters. The first-order chi connectivity index (χ1) is 10.1. The summed E-state index contributed by atoms with van der Waals surface area (Å²) >= 11 is 0. The van der Waals surface area contributed by atoms with Crippen molar-refractivity contribution in [3.8, 4) is 5.75 Å². The second-order valence-corrected chi connectivity index (χ2v) is 4.22. The van der Waals surface area contributed by atoms with Gasteiger partial charge in [-0.2, -0.15) is 0 Å². The quantitative estimate of drug-likeness (QED) is 0.751. The van der Waals surface area contributed by atoms with Gasteiger partial charge in [-0.15, -0.1) is 0 Å². The van der Waals surface area contributed by atoms with Crippen LogP contribution >= 0.6 is 0 Å². The van der Waals surface area contributed by atoms with Crippen LogP contribution < -0.4 is 5.32 Å². The number of rotatable bonds is 4. The minimum absolute atomic E-state index is 0.0540. The molecule has 0 fully saturated rings. The van der Waals surface area contributed by atoms with E-state index in [-0.39, 0.29) is 23.6 Å². The number of benzene rings is 2. The van der Waals surface area contributed by atoms with Gasteiger partial charge in [0.05, 0.1) is 11.3 Å². The summed E-state index contributed by atoms with van der Waals surface area (Å²) in [7, 11) is 0. The highest BCUT2D eigenvalue weighted by Crippen LogP contribution is 2.21. The SMILES string of the molecule is O=C(Nc1ccc(O)cc1C(=O)O)OCc1ccccc1. The Kier molecular flexibility index (Phi) is 4.40. The average Bonchev–Trinajstić information content (AvgIpc) is 2.48. The molecule has 0 heterocycles. The first-order valence-corrected chi connectivity index (χ1v) is 6.10. The molecule has 21 heavy (non-hydrogen) atoms. The van der Waals surface area contributed by atoms with E-state index in [1.807, 2.05) is 18.2 Å². The molecule has 0 spiro atoms. The number of aromatic carboxylic acids is 1. The number of nitrogens with one attached hydrogen (secondary N) is 1. The van der Waals surface area contributed by atoms with Crippen LogP contribution in [0.15, 0.2) is 48.5 Å². The number of amides is 1. The summed E-state index contributed by atoms with van der Waals surface area (Å²) in [6, 6.07) is 12.7. The van der Waals surface area contributed by atoms with E-state index < -0.39 is 12.1 Å². The van der Waals surface area contributed by atoms with E-state index in [1.54, 1.807) is 12.1 Å². The van der Waals surface area contributed by atoms with Crippen molar-refractivity contribution in [1.29, 1.82) is 0 Å². The summed E-state index contributed by atoms with van der Waals surface area (Å²) in [6.07, 6.45) is -0.771. The summed E-state index contributed by atoms with van der Waals surface area (Å²) in [5, 5.41) is 20.6. The smallest absolute Gasteiger partial charge is 0.411 e. The lowest BCUT2D eigenvalue weighted by molar-refractivity contribution is 0.0697. The Hall–Kier alpha value is -3.02. The zero-order valence-electron chi connectivity index (χ0n) is 10.9. The molecule has 2 aromatic carbocycles. The molecule has 2 aromatic rings. The Morgan fingerprint density at radius 2 is 1.81 bits per heavy atom. The number of carboxylic acids is 1. The zero-order chi connectivity index (χ0) is 15.2. The second-order valence-electron chi connectivity index (χ2n) is 4.22. The van der Waals surface area contributed by atoms with Gasteiger partial charge < -0.3 is 14.9 Å². The first-order valence-electron chi connectivity index (χ1n) is 6.10. The highest BCUT2D eigenvalue weighted by Gasteiger charge is 2.14. The summed E-state index contributed by atoms with van der Waals surface area (Å²) in [5.41, 5.74) is 0.654. The fraction of sp³-hybridized carbons (Fsp3) is 0.0667. The van der Waals surface area contributed by atoms with Gasteiger partial charge in [-0.05, 0) is 23.8 Å². The Balaban J connectivity index is 2.01. The highest BCUT2D eigenvalue weighted by atomic mass is 16.5. The van der Waals surface area contributed by atoms with Crippen LogP contribution in [0.2, 0.25) is 0 Å². The molecule has 3 N–H and O–H groups in total. The van der Waals surface area contributed by atoms with Crippen LogP contribution in [0, 0.1) is 0 Å². The molecule has 0 radical (unpaired) electrons. The summed E-state index contributed by atoms with van der Waals surface area (Å²) < 4.78 is 4.99. The number of anilines is 1. The van der Waals surface area contributed by atoms with Crippen molar-refractivity contribution < 1.29 is 24.5 Å². The van der Waals surface area contributed by atoms with Crippen LogP contribution in [-0.4, -0.2) is 22.3 Å². The number of hydrogen-bond donors (Lipinski definition) is 3. The topological polar surface area (TPSA) is 95.9 Å². The number of carbonyl (C=O) groups is 2. The van der Waals surface area contributed by atoms with Crippen LogP contribution in [0.1, 0.15) is 15.9 Å². The van der Waals surface area contributed by atoms with E-state index in [9.17, 15) is 14.7 Å². The minimum atomic E-state index is -1.26. The molecule has 0 bridgehead atoms. The molecule has 6 nitrogen and oxygen atoms in total. The number of carboxylic acid groups (broad SMARTS) is 1. The Morgan fingerprint density at radius 3 is 2.48 bits per heavy atom. The predicted molar refractivity (Wildman–Crippen MR) is 75.3 cm³/mol. The molecule has 108 valence electrons. The van der Waals surface area contributed by atoms with Gasteiger partial charge in [-0.1, -0.05) is 30.3 Å². The molecular formula is C15H13NO5. The van der Waals surface area contributed by atoms with Gasteiger partial charge in [0.1, 0.15) is 12.4 Å². The van der Waals surface area contributed by atoms with Crippen molar-refractivity contribution in [2.24, 2.45) is 0 Å². The molecule has 0 aliphatic carbocycles. The van der Waals surface area contributed by atoms with E-state index in [1.165, 1.54) is 12.1 Å². The third-order valence-electron chi connectivity index (χ3n) is 2.68. The van der Waals surface area contributed by atoms with Gasteiger partial charge in [0.15, 0.2) is 0 Å². The molecule has 0 atom stereocenters. The fourth-order valence-electron chi connectivity index (χ4n) is 1.69. The Morgan fingerprint density at radius 1 is 1.10 bits per heavy atom. The minimum Gasteiger partial charge on any atom is -0.508 e. The van der Waals surface area contributed by atoms with Gasteiger partial charge in [0.2, 0.25) is 0 Å². The van der Waals surface area contributed by atoms with Crippen molar-refractivity contribution >= 4 is 17.7 Å². The number of aromatic hydroxyl groups is 1. The highest BCUT2D eigenvalue weighted by molar-refractivity contribution is 5.99. The van der Waals surface area contributed by atoms with E-state index in [0.29, 0.717) is 0 Å². The number of ether oxygens (including phenoxy) is 1. The summed E-state index contributed by atoms with van der Waals surface area (Å²) in [4.78, 5) is 22.7. The molecule has 0 saturated heterocycles. The van der Waals surface area contributed by atoms with Crippen molar-refractivity contribution in [2.75, 3.05) is 5.32 Å². The average molecular weight is 287 g/mol. The van der Waals surface area contributed by atoms with Gasteiger partial charge in [0.25, 0.3) is 0 Å². The fourth-order valence-corrected chi connectivity index (χ4v) is 1.69. The van der Waals surface area contributed by atoms with Gasteiger partial charge >= 0.3 is 12.1 Å². The van der Waals surface area contributed by atoms with E-state index >= 15 is 0 Å². The maximum Gasteiger partial charge on any atom is 0.411 e. The number of carbonyl (C=O) groups excluding carboxylic acids is 1. The van der Waals surface area contributed by atoms with Crippen molar-refractivity contribution in [3.05, 3.63) is 59.7 Å². The standard InChI is InChI=1S/C15H13NO5/c17-11-6-7-13(12(8-11)14(18)19)16-15(20)21-9-10-4-2-1-3-5-10/h1-8,17H,9H2,(H,16,20)(H,18,19). The number of phenols is 1. The van der Waals surface area contributed by atoms with Crippen molar-refractivity contribution in [1.82, 2.24) is 0 Å². The van der Waals surface area contributed by atoms with Gasteiger partial charge in [-0.3, -0.25) is 5.32 Å². The third kappa shape index (κ3) is 3.97. The predicted octanol–water partition coefficient (Wildman–Crippen LogP) is 2.84. The first kappa shape index (κ1) is 14.4. The molecule has 2 rings (SSSR count). The number of hydrogen-bond acceptors (Lipinski definition) is 4. The van der Waals surface area contributed by atoms with Gasteiger partial charge in [0, 0.05) is 0 Å². The lowest BCUT2D eigenvalue weighted by Gasteiger charge is -2.09. The molecule has 6 heteroatoms. The normalized spacial score (nSPS) is 9.90. The van der Waals surface area contributed by atoms with Gasteiger partial charge in [-0.25, -0.2) is 9.59 Å². The zero-order valence-corrected chi connectivity index (χ0v) is 10.9. The lowest BCUT2D eigenvalue weighted by atomic mass is 10.1. The molecule has 0 aliphatic rings. The van der Waals surface area contributed by atoms with Crippen LogP contribution in [0.25, 0.3) is 0 Å². The molecule has 0 saturated carbocycles. The monoisotopic (exact) mass is 287 g/mol. The van der Waals surface area contributed by atoms with E-state index in [0.717, 1.165) is 11.6 Å². The largest absolute Gasteiger partial charge is 0.508 e.